The molecule has 3 heteroatoms. The highest BCUT2D eigenvalue weighted by atomic mass is 16.1. The first-order chi connectivity index (χ1) is 7.72. The van der Waals surface area contributed by atoms with Gasteiger partial charge in [0.05, 0.1) is 5.92 Å². The molecule has 16 heavy (non-hydrogen) atoms. The van der Waals surface area contributed by atoms with Crippen LogP contribution in [-0.2, 0) is 4.79 Å². The Kier molecular flexibility index (Phi) is 3.13. The number of para-hydroxylation sites is 1. The van der Waals surface area contributed by atoms with Crippen LogP contribution in [0, 0.1) is 0 Å². The van der Waals surface area contributed by atoms with E-state index < -0.39 is 0 Å². The van der Waals surface area contributed by atoms with Crippen LogP contribution < -0.4 is 10.6 Å². The minimum atomic E-state index is -0.00704. The second kappa shape index (κ2) is 4.56. The molecule has 2 atom stereocenters. The Balaban J connectivity index is 2.30. The standard InChI is InChI=1S/C13H18N2O/c1-3-14-13(16)11-8-9(2)15-12-7-5-4-6-10(11)12/h4-7,9,11,15H,3,8H2,1-2H3,(H,14,16). The van der Waals surface area contributed by atoms with Crippen molar-refractivity contribution in [2.75, 3.05) is 11.9 Å². The second-order valence-corrected chi connectivity index (χ2v) is 4.32. The van der Waals surface area contributed by atoms with Crippen molar-refractivity contribution in [3.8, 4) is 0 Å². The van der Waals surface area contributed by atoms with E-state index in [-0.39, 0.29) is 11.8 Å². The maximum atomic E-state index is 12.0. The van der Waals surface area contributed by atoms with E-state index in [2.05, 4.69) is 17.6 Å². The van der Waals surface area contributed by atoms with Crippen LogP contribution in [-0.4, -0.2) is 18.5 Å². The topological polar surface area (TPSA) is 41.1 Å². The van der Waals surface area contributed by atoms with Crippen molar-refractivity contribution in [3.63, 3.8) is 0 Å². The largest absolute Gasteiger partial charge is 0.382 e. The third-order valence-electron chi connectivity index (χ3n) is 2.99. The van der Waals surface area contributed by atoms with Crippen molar-refractivity contribution < 1.29 is 4.79 Å². The molecule has 2 rings (SSSR count). The van der Waals surface area contributed by atoms with Crippen molar-refractivity contribution in [1.29, 1.82) is 0 Å². The zero-order valence-corrected chi connectivity index (χ0v) is 9.79. The molecule has 1 heterocycles. The molecule has 0 radical (unpaired) electrons. The summed E-state index contributed by atoms with van der Waals surface area (Å²) in [6, 6.07) is 8.41. The molecule has 3 nitrogen and oxygen atoms in total. The molecule has 0 fully saturated rings. The number of anilines is 1. The van der Waals surface area contributed by atoms with Gasteiger partial charge in [0.1, 0.15) is 0 Å². The van der Waals surface area contributed by atoms with E-state index in [1.54, 1.807) is 0 Å². The summed E-state index contributed by atoms with van der Waals surface area (Å²) in [5.41, 5.74) is 2.21. The van der Waals surface area contributed by atoms with Gasteiger partial charge >= 0.3 is 0 Å². The van der Waals surface area contributed by atoms with Crippen molar-refractivity contribution in [2.24, 2.45) is 0 Å². The molecule has 1 aromatic rings. The fourth-order valence-corrected chi connectivity index (χ4v) is 2.28. The fraction of sp³-hybridized carbons (Fsp3) is 0.462. The Bertz CT molecular complexity index is 389. The third-order valence-corrected chi connectivity index (χ3v) is 2.99. The number of amides is 1. The summed E-state index contributed by atoms with van der Waals surface area (Å²) in [5.74, 6) is 0.135. The lowest BCUT2D eigenvalue weighted by Gasteiger charge is -2.30. The second-order valence-electron chi connectivity index (χ2n) is 4.32. The summed E-state index contributed by atoms with van der Waals surface area (Å²) < 4.78 is 0. The Labute approximate surface area is 96.2 Å². The van der Waals surface area contributed by atoms with Crippen LogP contribution in [0.5, 0.6) is 0 Å². The predicted molar refractivity (Wildman–Crippen MR) is 65.6 cm³/mol. The van der Waals surface area contributed by atoms with Crippen LogP contribution in [0.3, 0.4) is 0 Å². The van der Waals surface area contributed by atoms with Gasteiger partial charge in [-0.05, 0) is 31.9 Å². The van der Waals surface area contributed by atoms with Crippen LogP contribution in [0.25, 0.3) is 0 Å². The van der Waals surface area contributed by atoms with Gasteiger partial charge in [-0.3, -0.25) is 4.79 Å². The molecule has 0 saturated heterocycles. The molecule has 1 aliphatic heterocycles. The van der Waals surface area contributed by atoms with Crippen LogP contribution in [0.2, 0.25) is 0 Å². The van der Waals surface area contributed by atoms with Gasteiger partial charge < -0.3 is 10.6 Å². The number of carbonyl (C=O) groups excluding carboxylic acids is 1. The van der Waals surface area contributed by atoms with Crippen LogP contribution in [0.1, 0.15) is 31.7 Å². The molecule has 2 unspecified atom stereocenters. The highest BCUT2D eigenvalue weighted by Crippen LogP contribution is 2.33. The number of fused-ring (bicyclic) bond motifs is 1. The molecular weight excluding hydrogens is 200 g/mol. The van der Waals surface area contributed by atoms with E-state index in [0.717, 1.165) is 17.7 Å². The fourth-order valence-electron chi connectivity index (χ4n) is 2.28. The first-order valence-corrected chi connectivity index (χ1v) is 5.85. The molecule has 1 aromatic carbocycles. The lowest BCUT2D eigenvalue weighted by molar-refractivity contribution is -0.122. The lowest BCUT2D eigenvalue weighted by atomic mass is 9.87. The number of nitrogens with one attached hydrogen (secondary N) is 2. The van der Waals surface area contributed by atoms with Crippen molar-refractivity contribution in [3.05, 3.63) is 29.8 Å². The molecule has 0 bridgehead atoms. The maximum Gasteiger partial charge on any atom is 0.227 e. The first kappa shape index (κ1) is 11.0. The number of rotatable bonds is 2. The van der Waals surface area contributed by atoms with Gasteiger partial charge in [0, 0.05) is 18.3 Å². The first-order valence-electron chi connectivity index (χ1n) is 5.85. The monoisotopic (exact) mass is 218 g/mol. The average molecular weight is 218 g/mol. The minimum absolute atomic E-state index is 0.00704. The molecule has 0 aromatic heterocycles. The zero-order valence-electron chi connectivity index (χ0n) is 9.79. The Morgan fingerprint density at radius 2 is 2.25 bits per heavy atom. The van der Waals surface area contributed by atoms with E-state index >= 15 is 0 Å². The van der Waals surface area contributed by atoms with Gasteiger partial charge in [-0.1, -0.05) is 18.2 Å². The highest BCUT2D eigenvalue weighted by Gasteiger charge is 2.28. The minimum Gasteiger partial charge on any atom is -0.382 e. The molecule has 0 saturated carbocycles. The van der Waals surface area contributed by atoms with E-state index in [4.69, 9.17) is 0 Å². The number of likely N-dealkylation sites (N-methyl/N-ethyl adjacent to an activating group) is 1. The molecule has 1 aliphatic rings. The number of benzene rings is 1. The zero-order chi connectivity index (χ0) is 11.5. The number of carbonyl (C=O) groups is 1. The summed E-state index contributed by atoms with van der Waals surface area (Å²) in [6.45, 7) is 4.76. The summed E-state index contributed by atoms with van der Waals surface area (Å²) in [6.07, 6.45) is 0.864. The van der Waals surface area contributed by atoms with Gasteiger partial charge in [0.15, 0.2) is 0 Å². The van der Waals surface area contributed by atoms with E-state index in [1.807, 2.05) is 31.2 Å². The predicted octanol–water partition coefficient (Wildman–Crippen LogP) is 2.11. The van der Waals surface area contributed by atoms with Gasteiger partial charge in [-0.2, -0.15) is 0 Å². The van der Waals surface area contributed by atoms with Gasteiger partial charge in [0.2, 0.25) is 5.91 Å². The molecule has 0 spiro atoms. The molecule has 2 N–H and O–H groups in total. The highest BCUT2D eigenvalue weighted by molar-refractivity contribution is 5.86. The summed E-state index contributed by atoms with van der Waals surface area (Å²) in [7, 11) is 0. The van der Waals surface area contributed by atoms with Gasteiger partial charge in [-0.15, -0.1) is 0 Å². The van der Waals surface area contributed by atoms with Crippen LogP contribution in [0.4, 0.5) is 5.69 Å². The van der Waals surface area contributed by atoms with Crippen molar-refractivity contribution in [1.82, 2.24) is 5.32 Å². The van der Waals surface area contributed by atoms with Crippen molar-refractivity contribution >= 4 is 11.6 Å². The molecule has 86 valence electrons. The molecular formula is C13H18N2O. The smallest absolute Gasteiger partial charge is 0.227 e. The normalized spacial score (nSPS) is 23.1. The Morgan fingerprint density at radius 3 is 3.00 bits per heavy atom. The maximum absolute atomic E-state index is 12.0. The summed E-state index contributed by atoms with van der Waals surface area (Å²) in [5, 5.41) is 6.32. The molecule has 1 amide bonds. The van der Waals surface area contributed by atoms with Crippen LogP contribution in [0.15, 0.2) is 24.3 Å². The molecule has 0 aliphatic carbocycles. The average Bonchev–Trinajstić information content (AvgIpc) is 2.28. The number of hydrogen-bond donors (Lipinski definition) is 2. The van der Waals surface area contributed by atoms with Crippen LogP contribution >= 0.6 is 0 Å². The summed E-state index contributed by atoms with van der Waals surface area (Å²) >= 11 is 0. The number of hydrogen-bond acceptors (Lipinski definition) is 2. The van der Waals surface area contributed by atoms with Gasteiger partial charge in [0.25, 0.3) is 0 Å². The SMILES string of the molecule is CCNC(=O)C1CC(C)Nc2ccccc21. The van der Waals surface area contributed by atoms with E-state index in [9.17, 15) is 4.79 Å². The summed E-state index contributed by atoms with van der Waals surface area (Å²) in [4.78, 5) is 12.0. The Morgan fingerprint density at radius 1 is 1.50 bits per heavy atom. The third kappa shape index (κ3) is 2.03. The van der Waals surface area contributed by atoms with Crippen molar-refractivity contribution in [2.45, 2.75) is 32.2 Å². The Hall–Kier alpha value is -1.51. The van der Waals surface area contributed by atoms with E-state index in [0.29, 0.717) is 12.6 Å². The van der Waals surface area contributed by atoms with E-state index in [1.165, 1.54) is 0 Å². The van der Waals surface area contributed by atoms with Gasteiger partial charge in [-0.25, -0.2) is 0 Å². The lowest BCUT2D eigenvalue weighted by Crippen LogP contribution is -2.35. The quantitative estimate of drug-likeness (QED) is 0.798.